The highest BCUT2D eigenvalue weighted by atomic mass is 32.2. The fourth-order valence-electron chi connectivity index (χ4n) is 1.29. The monoisotopic (exact) mass is 194 g/mol. The Morgan fingerprint density at radius 1 is 1.46 bits per heavy atom. The van der Waals surface area contributed by atoms with E-state index in [9.17, 15) is 0 Å². The van der Waals surface area contributed by atoms with Gasteiger partial charge in [-0.15, -0.1) is 0 Å². The summed E-state index contributed by atoms with van der Waals surface area (Å²) in [4.78, 5) is 8.57. The smallest absolute Gasteiger partial charge is 0.187 e. The summed E-state index contributed by atoms with van der Waals surface area (Å²) >= 11 is 1.54. The lowest BCUT2D eigenvalue weighted by molar-refractivity contribution is 0.781. The molecule has 0 unspecified atom stereocenters. The number of rotatable bonds is 1. The van der Waals surface area contributed by atoms with Crippen LogP contribution in [-0.2, 0) is 7.05 Å². The Labute approximate surface area is 80.4 Å². The van der Waals surface area contributed by atoms with Crippen LogP contribution < -0.4 is 0 Å². The van der Waals surface area contributed by atoms with Gasteiger partial charge < -0.3 is 0 Å². The van der Waals surface area contributed by atoms with Gasteiger partial charge in [-0.3, -0.25) is 4.68 Å². The minimum atomic E-state index is 0.795. The summed E-state index contributed by atoms with van der Waals surface area (Å²) in [6, 6.07) is 0. The Hall–Kier alpha value is -1.10. The molecule has 2 aromatic rings. The van der Waals surface area contributed by atoms with E-state index in [4.69, 9.17) is 0 Å². The first kappa shape index (κ1) is 8.50. The molecule has 2 aromatic heterocycles. The first-order valence-corrected chi connectivity index (χ1v) is 5.15. The summed E-state index contributed by atoms with van der Waals surface area (Å²) in [6.07, 6.45) is 3.78. The molecule has 5 heteroatoms. The van der Waals surface area contributed by atoms with Crippen LogP contribution in [0.2, 0.25) is 0 Å². The van der Waals surface area contributed by atoms with Gasteiger partial charge in [0.2, 0.25) is 0 Å². The van der Waals surface area contributed by atoms with E-state index in [1.165, 1.54) is 0 Å². The van der Waals surface area contributed by atoms with Crippen molar-refractivity contribution in [1.29, 1.82) is 0 Å². The maximum atomic E-state index is 4.38. The number of nitrogens with zero attached hydrogens (tertiary/aromatic N) is 4. The second-order valence-corrected chi connectivity index (χ2v) is 3.57. The van der Waals surface area contributed by atoms with E-state index in [0.29, 0.717) is 0 Å². The molecule has 0 aliphatic rings. The second kappa shape index (κ2) is 2.99. The third kappa shape index (κ3) is 1.29. The fourth-order valence-corrected chi connectivity index (χ4v) is 1.63. The Bertz CT molecular complexity index is 449. The van der Waals surface area contributed by atoms with Crippen molar-refractivity contribution < 1.29 is 0 Å². The molecule has 0 aromatic carbocycles. The topological polar surface area (TPSA) is 43.6 Å². The van der Waals surface area contributed by atoms with E-state index in [1.54, 1.807) is 16.4 Å². The quantitative estimate of drug-likeness (QED) is 0.508. The van der Waals surface area contributed by atoms with Gasteiger partial charge in [-0.2, -0.15) is 5.10 Å². The van der Waals surface area contributed by atoms with Crippen molar-refractivity contribution >= 4 is 22.8 Å². The third-order valence-electron chi connectivity index (χ3n) is 1.92. The zero-order valence-electron chi connectivity index (χ0n) is 7.77. The Kier molecular flexibility index (Phi) is 1.95. The van der Waals surface area contributed by atoms with E-state index < -0.39 is 0 Å². The molecule has 2 heterocycles. The van der Waals surface area contributed by atoms with Gasteiger partial charge in [0.15, 0.2) is 5.16 Å². The molecule has 0 N–H and O–H groups in total. The molecule has 0 bridgehead atoms. The highest BCUT2D eigenvalue weighted by Crippen LogP contribution is 2.16. The summed E-state index contributed by atoms with van der Waals surface area (Å²) in [5.74, 6) is 0. The van der Waals surface area contributed by atoms with Crippen LogP contribution in [-0.4, -0.2) is 26.0 Å². The van der Waals surface area contributed by atoms with Crippen LogP contribution >= 0.6 is 11.8 Å². The molecule has 0 saturated carbocycles. The van der Waals surface area contributed by atoms with Gasteiger partial charge in [-0.25, -0.2) is 9.97 Å². The number of aromatic nitrogens is 4. The molecule has 0 fully saturated rings. The molecule has 2 rings (SSSR count). The van der Waals surface area contributed by atoms with Crippen molar-refractivity contribution in [1.82, 2.24) is 19.7 Å². The lowest BCUT2D eigenvalue weighted by Crippen LogP contribution is -1.91. The maximum absolute atomic E-state index is 4.38. The van der Waals surface area contributed by atoms with Gasteiger partial charge in [0, 0.05) is 7.05 Å². The van der Waals surface area contributed by atoms with Crippen molar-refractivity contribution in [2.75, 3.05) is 6.26 Å². The molecule has 0 spiro atoms. The van der Waals surface area contributed by atoms with E-state index in [-0.39, 0.29) is 0 Å². The van der Waals surface area contributed by atoms with E-state index in [0.717, 1.165) is 21.9 Å². The van der Waals surface area contributed by atoms with Crippen molar-refractivity contribution in [3.8, 4) is 0 Å². The lowest BCUT2D eigenvalue weighted by Gasteiger charge is -1.95. The molecular formula is C8H10N4S. The van der Waals surface area contributed by atoms with E-state index >= 15 is 0 Å². The number of hydrogen-bond acceptors (Lipinski definition) is 4. The largest absolute Gasteiger partial charge is 0.264 e. The Balaban J connectivity index is 2.76. The standard InChI is InChI=1S/C8H10N4S/c1-5-7-6(12(2)11-5)4-9-8(10-7)13-3/h4H,1-3H3. The number of aryl methyl sites for hydroxylation is 2. The maximum Gasteiger partial charge on any atom is 0.187 e. The fraction of sp³-hybridized carbons (Fsp3) is 0.375. The van der Waals surface area contributed by atoms with Crippen LogP contribution in [0.3, 0.4) is 0 Å². The van der Waals surface area contributed by atoms with Crippen molar-refractivity contribution in [3.05, 3.63) is 11.9 Å². The highest BCUT2D eigenvalue weighted by Gasteiger charge is 2.06. The predicted octanol–water partition coefficient (Wildman–Crippen LogP) is 1.39. The molecule has 0 aliphatic carbocycles. The molecule has 68 valence electrons. The van der Waals surface area contributed by atoms with Gasteiger partial charge in [-0.05, 0) is 13.2 Å². The molecule has 0 amide bonds. The van der Waals surface area contributed by atoms with Gasteiger partial charge >= 0.3 is 0 Å². The van der Waals surface area contributed by atoms with Gasteiger partial charge in [0.05, 0.1) is 11.9 Å². The summed E-state index contributed by atoms with van der Waals surface area (Å²) in [7, 11) is 1.90. The molecular weight excluding hydrogens is 184 g/mol. The van der Waals surface area contributed by atoms with Crippen molar-refractivity contribution in [3.63, 3.8) is 0 Å². The molecule has 0 saturated heterocycles. The summed E-state index contributed by atoms with van der Waals surface area (Å²) in [6.45, 7) is 1.96. The Morgan fingerprint density at radius 3 is 2.92 bits per heavy atom. The third-order valence-corrected chi connectivity index (χ3v) is 2.48. The zero-order valence-corrected chi connectivity index (χ0v) is 8.59. The first-order chi connectivity index (χ1) is 6.22. The van der Waals surface area contributed by atoms with Crippen LogP contribution in [0.25, 0.3) is 11.0 Å². The number of fused-ring (bicyclic) bond motifs is 1. The molecule has 4 nitrogen and oxygen atoms in total. The van der Waals surface area contributed by atoms with Crippen LogP contribution in [0, 0.1) is 6.92 Å². The number of hydrogen-bond donors (Lipinski definition) is 0. The van der Waals surface area contributed by atoms with Gasteiger partial charge in [0.25, 0.3) is 0 Å². The molecule has 0 radical (unpaired) electrons. The lowest BCUT2D eigenvalue weighted by atomic mass is 10.4. The van der Waals surface area contributed by atoms with Crippen molar-refractivity contribution in [2.45, 2.75) is 12.1 Å². The van der Waals surface area contributed by atoms with E-state index in [1.807, 2.05) is 26.4 Å². The second-order valence-electron chi connectivity index (χ2n) is 2.80. The minimum absolute atomic E-state index is 0.795. The molecule has 0 aliphatic heterocycles. The van der Waals surface area contributed by atoms with Crippen LogP contribution in [0.4, 0.5) is 0 Å². The summed E-state index contributed by atoms with van der Waals surface area (Å²) < 4.78 is 1.80. The van der Waals surface area contributed by atoms with Crippen LogP contribution in [0.5, 0.6) is 0 Å². The average molecular weight is 194 g/mol. The first-order valence-electron chi connectivity index (χ1n) is 3.92. The molecule has 13 heavy (non-hydrogen) atoms. The summed E-state index contributed by atoms with van der Waals surface area (Å²) in [5, 5.41) is 5.07. The predicted molar refractivity (Wildman–Crippen MR) is 52.8 cm³/mol. The minimum Gasteiger partial charge on any atom is -0.264 e. The number of thioether (sulfide) groups is 1. The summed E-state index contributed by atoms with van der Waals surface area (Å²) in [5.41, 5.74) is 2.88. The SMILES string of the molecule is CSc1ncc2c(n1)c(C)nn2C. The van der Waals surface area contributed by atoms with Gasteiger partial charge in [0.1, 0.15) is 11.0 Å². The van der Waals surface area contributed by atoms with E-state index in [2.05, 4.69) is 15.1 Å². The highest BCUT2D eigenvalue weighted by molar-refractivity contribution is 7.98. The Morgan fingerprint density at radius 2 is 2.23 bits per heavy atom. The van der Waals surface area contributed by atoms with Crippen LogP contribution in [0.1, 0.15) is 5.69 Å². The zero-order chi connectivity index (χ0) is 9.42. The van der Waals surface area contributed by atoms with Crippen LogP contribution in [0.15, 0.2) is 11.4 Å². The normalized spacial score (nSPS) is 11.0. The molecule has 0 atom stereocenters. The van der Waals surface area contributed by atoms with Gasteiger partial charge in [-0.1, -0.05) is 11.8 Å². The average Bonchev–Trinajstić information content (AvgIpc) is 2.42. The van der Waals surface area contributed by atoms with Crippen molar-refractivity contribution in [2.24, 2.45) is 7.05 Å².